The number of amides is 3. The standard InChI is InChI=1S/C11H18N4O4/c12-6-10(18)15-4-1-2-8(15)11(19)14-7-9(17)13-3-5-16/h5,8H,1-4,6-7,12H2,(H,13,17)(H,14,19)/t8-/m0/s1. The molecule has 0 unspecified atom stereocenters. The maximum atomic E-state index is 11.9. The van der Waals surface area contributed by atoms with Crippen molar-refractivity contribution in [3.63, 3.8) is 0 Å². The number of likely N-dealkylation sites (tertiary alicyclic amines) is 1. The molecule has 106 valence electrons. The second-order valence-corrected chi connectivity index (χ2v) is 4.14. The molecule has 8 heteroatoms. The zero-order chi connectivity index (χ0) is 14.3. The fourth-order valence-corrected chi connectivity index (χ4v) is 1.96. The van der Waals surface area contributed by atoms with Gasteiger partial charge in [0, 0.05) is 6.54 Å². The lowest BCUT2D eigenvalue weighted by molar-refractivity contribution is -0.137. The molecule has 1 rings (SSSR count). The first-order valence-electron chi connectivity index (χ1n) is 6.07. The van der Waals surface area contributed by atoms with Crippen LogP contribution < -0.4 is 16.4 Å². The molecule has 19 heavy (non-hydrogen) atoms. The SMILES string of the molecule is NCC(=O)N1CCC[C@H]1C(=O)NCC(=O)NCC=O. The normalized spacial score (nSPS) is 17.9. The van der Waals surface area contributed by atoms with E-state index in [1.165, 1.54) is 4.90 Å². The van der Waals surface area contributed by atoms with Crippen LogP contribution >= 0.6 is 0 Å². The Hall–Kier alpha value is -1.96. The van der Waals surface area contributed by atoms with Crippen LogP contribution in [0.2, 0.25) is 0 Å². The van der Waals surface area contributed by atoms with Crippen LogP contribution in [0.5, 0.6) is 0 Å². The lowest BCUT2D eigenvalue weighted by Gasteiger charge is -2.23. The minimum Gasteiger partial charge on any atom is -0.348 e. The molecule has 8 nitrogen and oxygen atoms in total. The van der Waals surface area contributed by atoms with E-state index in [1.54, 1.807) is 0 Å². The monoisotopic (exact) mass is 270 g/mol. The minimum atomic E-state index is -0.560. The molecule has 1 saturated heterocycles. The van der Waals surface area contributed by atoms with Crippen LogP contribution in [0.25, 0.3) is 0 Å². The van der Waals surface area contributed by atoms with Gasteiger partial charge in [0.25, 0.3) is 0 Å². The summed E-state index contributed by atoms with van der Waals surface area (Å²) in [4.78, 5) is 46.1. The molecular formula is C11H18N4O4. The summed E-state index contributed by atoms with van der Waals surface area (Å²) in [7, 11) is 0. The van der Waals surface area contributed by atoms with Crippen LogP contribution in [0, 0.1) is 0 Å². The molecule has 0 aromatic heterocycles. The van der Waals surface area contributed by atoms with Crippen molar-refractivity contribution in [3.05, 3.63) is 0 Å². The molecule has 0 bridgehead atoms. The van der Waals surface area contributed by atoms with Crippen LogP contribution in [-0.4, -0.2) is 61.1 Å². The van der Waals surface area contributed by atoms with Crippen molar-refractivity contribution < 1.29 is 19.2 Å². The van der Waals surface area contributed by atoms with Crippen LogP contribution in [0.15, 0.2) is 0 Å². The van der Waals surface area contributed by atoms with Crippen molar-refractivity contribution in [3.8, 4) is 0 Å². The lowest BCUT2D eigenvalue weighted by atomic mass is 10.2. The Morgan fingerprint density at radius 3 is 2.68 bits per heavy atom. The molecular weight excluding hydrogens is 252 g/mol. The summed E-state index contributed by atoms with van der Waals surface area (Å²) in [5, 5.41) is 4.74. The number of nitrogens with two attached hydrogens (primary N) is 1. The highest BCUT2D eigenvalue weighted by Gasteiger charge is 2.33. The van der Waals surface area contributed by atoms with Gasteiger partial charge in [-0.25, -0.2) is 0 Å². The minimum absolute atomic E-state index is 0.0874. The van der Waals surface area contributed by atoms with Crippen molar-refractivity contribution in [1.82, 2.24) is 15.5 Å². The quantitative estimate of drug-likeness (QED) is 0.456. The van der Waals surface area contributed by atoms with Gasteiger partial charge in [-0.05, 0) is 12.8 Å². The molecule has 1 aliphatic rings. The van der Waals surface area contributed by atoms with Gasteiger partial charge in [0.05, 0.1) is 19.6 Å². The fraction of sp³-hybridized carbons (Fsp3) is 0.636. The zero-order valence-corrected chi connectivity index (χ0v) is 10.6. The summed E-state index contributed by atoms with van der Waals surface area (Å²) in [5.74, 6) is -1.10. The summed E-state index contributed by atoms with van der Waals surface area (Å²) in [6.07, 6.45) is 1.85. The Morgan fingerprint density at radius 1 is 1.32 bits per heavy atom. The third-order valence-electron chi connectivity index (χ3n) is 2.86. The second kappa shape index (κ2) is 7.47. The third kappa shape index (κ3) is 4.32. The van der Waals surface area contributed by atoms with Crippen LogP contribution in [0.1, 0.15) is 12.8 Å². The van der Waals surface area contributed by atoms with E-state index < -0.39 is 11.9 Å². The molecule has 0 saturated carbocycles. The number of nitrogens with one attached hydrogen (secondary N) is 2. The number of nitrogens with zero attached hydrogens (tertiary/aromatic N) is 1. The highest BCUT2D eigenvalue weighted by atomic mass is 16.2. The summed E-state index contributed by atoms with van der Waals surface area (Å²) in [6, 6.07) is -0.560. The number of carbonyl (C=O) groups is 4. The zero-order valence-electron chi connectivity index (χ0n) is 10.6. The van der Waals surface area contributed by atoms with Crippen LogP contribution in [0.4, 0.5) is 0 Å². The molecule has 3 amide bonds. The number of rotatable bonds is 6. The van der Waals surface area contributed by atoms with E-state index in [2.05, 4.69) is 10.6 Å². The maximum absolute atomic E-state index is 11.9. The lowest BCUT2D eigenvalue weighted by Crippen LogP contribution is -2.49. The summed E-state index contributed by atoms with van der Waals surface area (Å²) < 4.78 is 0. The number of hydrogen-bond donors (Lipinski definition) is 3. The third-order valence-corrected chi connectivity index (χ3v) is 2.86. The molecule has 0 aliphatic carbocycles. The van der Waals surface area contributed by atoms with Crippen molar-refractivity contribution in [2.24, 2.45) is 5.73 Å². The first-order chi connectivity index (χ1) is 9.10. The molecule has 0 spiro atoms. The summed E-state index contributed by atoms with van der Waals surface area (Å²) in [5.41, 5.74) is 5.27. The molecule has 0 aromatic carbocycles. The molecule has 1 aliphatic heterocycles. The highest BCUT2D eigenvalue weighted by molar-refractivity contribution is 5.91. The maximum Gasteiger partial charge on any atom is 0.243 e. The van der Waals surface area contributed by atoms with E-state index in [1.807, 2.05) is 0 Å². The van der Waals surface area contributed by atoms with E-state index in [4.69, 9.17) is 5.73 Å². The molecule has 1 heterocycles. The second-order valence-electron chi connectivity index (χ2n) is 4.14. The van der Waals surface area contributed by atoms with Gasteiger partial charge in [-0.1, -0.05) is 0 Å². The van der Waals surface area contributed by atoms with Crippen molar-refractivity contribution in [2.45, 2.75) is 18.9 Å². The molecule has 1 fully saturated rings. The molecule has 4 N–H and O–H groups in total. The van der Waals surface area contributed by atoms with E-state index >= 15 is 0 Å². The smallest absolute Gasteiger partial charge is 0.243 e. The average molecular weight is 270 g/mol. The van der Waals surface area contributed by atoms with Gasteiger partial charge in [0.15, 0.2) is 0 Å². The van der Waals surface area contributed by atoms with E-state index in [0.29, 0.717) is 19.3 Å². The van der Waals surface area contributed by atoms with Crippen molar-refractivity contribution in [2.75, 3.05) is 26.2 Å². The number of hydrogen-bond acceptors (Lipinski definition) is 5. The molecule has 0 radical (unpaired) electrons. The van der Waals surface area contributed by atoms with Gasteiger partial charge in [-0.2, -0.15) is 0 Å². The average Bonchev–Trinajstić information content (AvgIpc) is 2.90. The summed E-state index contributed by atoms with van der Waals surface area (Å²) in [6.45, 7) is 0.0683. The predicted molar refractivity (Wildman–Crippen MR) is 65.9 cm³/mol. The van der Waals surface area contributed by atoms with E-state index in [9.17, 15) is 19.2 Å². The number of carbonyl (C=O) groups excluding carboxylic acids is 4. The van der Waals surface area contributed by atoms with Crippen molar-refractivity contribution >= 4 is 24.0 Å². The van der Waals surface area contributed by atoms with E-state index in [0.717, 1.165) is 6.42 Å². The van der Waals surface area contributed by atoms with Gasteiger partial charge in [0.2, 0.25) is 17.7 Å². The number of aldehydes is 1. The van der Waals surface area contributed by atoms with Gasteiger partial charge in [0.1, 0.15) is 12.3 Å². The topological polar surface area (TPSA) is 122 Å². The Bertz CT molecular complexity index is 372. The Morgan fingerprint density at radius 2 is 2.05 bits per heavy atom. The Labute approximate surface area is 110 Å². The molecule has 1 atom stereocenters. The first-order valence-corrected chi connectivity index (χ1v) is 6.07. The van der Waals surface area contributed by atoms with E-state index in [-0.39, 0.29) is 31.4 Å². The fourth-order valence-electron chi connectivity index (χ4n) is 1.96. The Balaban J connectivity index is 2.42. The predicted octanol–water partition coefficient (Wildman–Crippen LogP) is -2.63. The highest BCUT2D eigenvalue weighted by Crippen LogP contribution is 2.16. The van der Waals surface area contributed by atoms with Crippen molar-refractivity contribution in [1.29, 1.82) is 0 Å². The molecule has 0 aromatic rings. The van der Waals surface area contributed by atoms with Crippen LogP contribution in [-0.2, 0) is 19.2 Å². The van der Waals surface area contributed by atoms with Gasteiger partial charge < -0.3 is 26.1 Å². The summed E-state index contributed by atoms with van der Waals surface area (Å²) >= 11 is 0. The van der Waals surface area contributed by atoms with Crippen LogP contribution in [0.3, 0.4) is 0 Å². The van der Waals surface area contributed by atoms with Gasteiger partial charge in [-0.15, -0.1) is 0 Å². The van der Waals surface area contributed by atoms with Gasteiger partial charge >= 0.3 is 0 Å². The Kier molecular flexibility index (Phi) is 5.94. The first kappa shape index (κ1) is 15.1. The van der Waals surface area contributed by atoms with Gasteiger partial charge in [-0.3, -0.25) is 14.4 Å². The largest absolute Gasteiger partial charge is 0.348 e.